The Morgan fingerprint density at radius 3 is 2.63 bits per heavy atom. The highest BCUT2D eigenvalue weighted by molar-refractivity contribution is 6.35. The molecule has 0 amide bonds. The number of nitrogens with zero attached hydrogens (tertiary/aromatic N) is 1. The van der Waals surface area contributed by atoms with E-state index in [1.807, 2.05) is 6.92 Å². The fourth-order valence-electron chi connectivity index (χ4n) is 2.05. The van der Waals surface area contributed by atoms with Crippen LogP contribution in [0.25, 0.3) is 11.3 Å². The van der Waals surface area contributed by atoms with Gasteiger partial charge in [-0.15, -0.1) is 0 Å². The zero-order valence-electron chi connectivity index (χ0n) is 10.4. The van der Waals surface area contributed by atoms with Gasteiger partial charge in [0.15, 0.2) is 0 Å². The summed E-state index contributed by atoms with van der Waals surface area (Å²) in [4.78, 5) is 11.2. The minimum atomic E-state index is -0.946. The van der Waals surface area contributed by atoms with Crippen molar-refractivity contribution in [1.82, 2.24) is 4.57 Å². The van der Waals surface area contributed by atoms with Gasteiger partial charge in [-0.2, -0.15) is 0 Å². The first kappa shape index (κ1) is 14.0. The lowest BCUT2D eigenvalue weighted by Crippen LogP contribution is -2.09. The van der Waals surface area contributed by atoms with E-state index in [2.05, 4.69) is 0 Å². The van der Waals surface area contributed by atoms with Gasteiger partial charge >= 0.3 is 5.97 Å². The van der Waals surface area contributed by atoms with Crippen molar-refractivity contribution in [3.63, 3.8) is 0 Å². The molecule has 19 heavy (non-hydrogen) atoms. The first-order valence-electron chi connectivity index (χ1n) is 5.92. The summed E-state index contributed by atoms with van der Waals surface area (Å²) in [5.74, 6) is -0.946. The Morgan fingerprint density at radius 1 is 1.26 bits per heavy atom. The van der Waals surface area contributed by atoms with E-state index in [-0.39, 0.29) is 5.69 Å². The first-order valence-corrected chi connectivity index (χ1v) is 6.68. The molecule has 1 aromatic heterocycles. The SMILES string of the molecule is CCCn1c(C(=O)O)ccc1-c1cc(Cl)ccc1Cl. The largest absolute Gasteiger partial charge is 0.477 e. The van der Waals surface area contributed by atoms with Crippen LogP contribution < -0.4 is 0 Å². The van der Waals surface area contributed by atoms with Crippen molar-refractivity contribution < 1.29 is 9.90 Å². The standard InChI is InChI=1S/C14H13Cl2NO2/c1-2-7-17-12(5-6-13(17)14(18)19)10-8-9(15)3-4-11(10)16/h3-6,8H,2,7H2,1H3,(H,18,19). The molecule has 1 aromatic carbocycles. The second-order valence-electron chi connectivity index (χ2n) is 4.18. The minimum Gasteiger partial charge on any atom is -0.477 e. The van der Waals surface area contributed by atoms with Crippen molar-refractivity contribution in [2.24, 2.45) is 0 Å². The lowest BCUT2D eigenvalue weighted by Gasteiger charge is -2.12. The van der Waals surface area contributed by atoms with Crippen molar-refractivity contribution in [2.75, 3.05) is 0 Å². The molecular formula is C14H13Cl2NO2. The average Bonchev–Trinajstić information content (AvgIpc) is 2.76. The van der Waals surface area contributed by atoms with E-state index in [1.165, 1.54) is 0 Å². The number of benzene rings is 1. The summed E-state index contributed by atoms with van der Waals surface area (Å²) in [5.41, 5.74) is 1.77. The van der Waals surface area contributed by atoms with E-state index in [0.29, 0.717) is 16.6 Å². The number of carboxylic acids is 1. The third-order valence-electron chi connectivity index (χ3n) is 2.85. The normalized spacial score (nSPS) is 10.7. The molecule has 0 radical (unpaired) electrons. The molecule has 2 rings (SSSR count). The van der Waals surface area contributed by atoms with Crippen molar-refractivity contribution >= 4 is 29.2 Å². The quantitative estimate of drug-likeness (QED) is 0.898. The number of carbonyl (C=O) groups is 1. The van der Waals surface area contributed by atoms with E-state index >= 15 is 0 Å². The van der Waals surface area contributed by atoms with Gasteiger partial charge in [-0.05, 0) is 36.8 Å². The van der Waals surface area contributed by atoms with Gasteiger partial charge in [-0.25, -0.2) is 4.79 Å². The van der Waals surface area contributed by atoms with Crippen LogP contribution in [0.1, 0.15) is 23.8 Å². The minimum absolute atomic E-state index is 0.257. The number of hydrogen-bond acceptors (Lipinski definition) is 1. The summed E-state index contributed by atoms with van der Waals surface area (Å²) in [7, 11) is 0. The van der Waals surface area contributed by atoms with Crippen LogP contribution >= 0.6 is 23.2 Å². The van der Waals surface area contributed by atoms with E-state index in [4.69, 9.17) is 23.2 Å². The summed E-state index contributed by atoms with van der Waals surface area (Å²) in [6.45, 7) is 2.61. The van der Waals surface area contributed by atoms with Gasteiger partial charge in [0.2, 0.25) is 0 Å². The van der Waals surface area contributed by atoms with Crippen LogP contribution in [0, 0.1) is 0 Å². The maximum Gasteiger partial charge on any atom is 0.352 e. The van der Waals surface area contributed by atoms with E-state index < -0.39 is 5.97 Å². The summed E-state index contributed by atoms with van der Waals surface area (Å²) < 4.78 is 1.75. The number of aromatic nitrogens is 1. The molecule has 0 atom stereocenters. The van der Waals surface area contributed by atoms with Crippen LogP contribution in [0.5, 0.6) is 0 Å². The fraction of sp³-hybridized carbons (Fsp3) is 0.214. The van der Waals surface area contributed by atoms with Crippen molar-refractivity contribution in [3.8, 4) is 11.3 Å². The maximum absolute atomic E-state index is 11.2. The number of carboxylic acid groups (broad SMARTS) is 1. The predicted molar refractivity (Wildman–Crippen MR) is 77.1 cm³/mol. The summed E-state index contributed by atoms with van der Waals surface area (Å²) in [6, 6.07) is 8.51. The van der Waals surface area contributed by atoms with Gasteiger partial charge < -0.3 is 9.67 Å². The molecule has 2 aromatic rings. The summed E-state index contributed by atoms with van der Waals surface area (Å²) >= 11 is 12.2. The number of halogens is 2. The molecule has 0 saturated carbocycles. The second-order valence-corrected chi connectivity index (χ2v) is 5.03. The van der Waals surface area contributed by atoms with Crippen molar-refractivity contribution in [3.05, 3.63) is 46.1 Å². The summed E-state index contributed by atoms with van der Waals surface area (Å²) in [5, 5.41) is 10.3. The highest BCUT2D eigenvalue weighted by atomic mass is 35.5. The van der Waals surface area contributed by atoms with Crippen LogP contribution in [0.3, 0.4) is 0 Å². The molecule has 0 unspecified atom stereocenters. The average molecular weight is 298 g/mol. The molecule has 0 aliphatic carbocycles. The van der Waals surface area contributed by atoms with Crippen molar-refractivity contribution in [2.45, 2.75) is 19.9 Å². The smallest absolute Gasteiger partial charge is 0.352 e. The molecule has 0 spiro atoms. The van der Waals surface area contributed by atoms with Crippen LogP contribution in [-0.4, -0.2) is 15.6 Å². The lowest BCUT2D eigenvalue weighted by molar-refractivity contribution is 0.0685. The topological polar surface area (TPSA) is 42.2 Å². The molecule has 100 valence electrons. The highest BCUT2D eigenvalue weighted by Crippen LogP contribution is 2.32. The maximum atomic E-state index is 11.2. The van der Waals surface area contributed by atoms with Gasteiger partial charge in [0.1, 0.15) is 5.69 Å². The van der Waals surface area contributed by atoms with Crippen molar-refractivity contribution in [1.29, 1.82) is 0 Å². The van der Waals surface area contributed by atoms with Gasteiger partial charge in [-0.3, -0.25) is 0 Å². The first-order chi connectivity index (χ1) is 9.04. The van der Waals surface area contributed by atoms with E-state index in [9.17, 15) is 9.90 Å². The van der Waals surface area contributed by atoms with Crippen LogP contribution in [0.4, 0.5) is 0 Å². The number of rotatable bonds is 4. The van der Waals surface area contributed by atoms with Crippen LogP contribution in [0.2, 0.25) is 10.0 Å². The second kappa shape index (κ2) is 5.68. The molecule has 0 bridgehead atoms. The third-order valence-corrected chi connectivity index (χ3v) is 3.42. The van der Waals surface area contributed by atoms with Gasteiger partial charge in [0, 0.05) is 22.2 Å². The van der Waals surface area contributed by atoms with E-state index in [1.54, 1.807) is 34.9 Å². The van der Waals surface area contributed by atoms with Gasteiger partial charge in [-0.1, -0.05) is 30.1 Å². The zero-order chi connectivity index (χ0) is 14.0. The zero-order valence-corrected chi connectivity index (χ0v) is 11.9. The number of aromatic carboxylic acids is 1. The molecule has 0 fully saturated rings. The Morgan fingerprint density at radius 2 is 2.00 bits per heavy atom. The predicted octanol–water partition coefficient (Wildman–Crippen LogP) is 4.57. The van der Waals surface area contributed by atoms with Gasteiger partial charge in [0.05, 0.1) is 5.69 Å². The third kappa shape index (κ3) is 2.77. The molecular weight excluding hydrogens is 285 g/mol. The Kier molecular flexibility index (Phi) is 4.17. The van der Waals surface area contributed by atoms with E-state index in [0.717, 1.165) is 17.7 Å². The lowest BCUT2D eigenvalue weighted by atomic mass is 10.1. The molecule has 1 heterocycles. The fourth-order valence-corrected chi connectivity index (χ4v) is 2.43. The Hall–Kier alpha value is -1.45. The number of hydrogen-bond donors (Lipinski definition) is 1. The Labute approximate surface area is 121 Å². The Bertz CT molecular complexity index is 620. The van der Waals surface area contributed by atoms with Crippen LogP contribution in [-0.2, 0) is 6.54 Å². The van der Waals surface area contributed by atoms with Crippen LogP contribution in [0.15, 0.2) is 30.3 Å². The molecule has 3 nitrogen and oxygen atoms in total. The monoisotopic (exact) mass is 297 g/mol. The van der Waals surface area contributed by atoms with Gasteiger partial charge in [0.25, 0.3) is 0 Å². The molecule has 0 saturated heterocycles. The highest BCUT2D eigenvalue weighted by Gasteiger charge is 2.16. The molecule has 5 heteroatoms. The molecule has 0 aliphatic rings. The summed E-state index contributed by atoms with van der Waals surface area (Å²) in [6.07, 6.45) is 0.833. The Balaban J connectivity index is 2.61. The molecule has 1 N–H and O–H groups in total. The molecule has 0 aliphatic heterocycles.